The van der Waals surface area contributed by atoms with Crippen LogP contribution in [-0.2, 0) is 24.7 Å². The molecule has 4 aliphatic heterocycles. The fourth-order valence-electron chi connectivity index (χ4n) is 8.30. The van der Waals surface area contributed by atoms with E-state index < -0.39 is 19.8 Å². The molecule has 5 atom stereocenters. The largest absolute Gasteiger partial charge is 0.497 e. The summed E-state index contributed by atoms with van der Waals surface area (Å²) in [5.74, 6) is 0.332. The van der Waals surface area contributed by atoms with Gasteiger partial charge in [-0.1, -0.05) is 37.3 Å². The third kappa shape index (κ3) is 4.76. The summed E-state index contributed by atoms with van der Waals surface area (Å²) in [5, 5.41) is 14.3. The Bertz CT molecular complexity index is 1450. The monoisotopic (exact) mass is 620 g/mol. The van der Waals surface area contributed by atoms with Gasteiger partial charge in [0.2, 0.25) is 11.8 Å². The molecule has 3 saturated heterocycles. The van der Waals surface area contributed by atoms with E-state index in [-0.39, 0.29) is 54.8 Å². The number of rotatable bonds is 7. The molecule has 0 aromatic heterocycles. The predicted octanol–water partition coefficient (Wildman–Crippen LogP) is 2.20. The number of methoxy groups -OCH3 is 1. The van der Waals surface area contributed by atoms with Gasteiger partial charge in [-0.2, -0.15) is 0 Å². The standard InChI is InChI=1S/C33H44N4O6Si/c1-21-31(44(4,5)25-11-9-24(42-3)10-12-25)28(18-29(39)36-15-6-7-23(36)20-38)43-33(21)26-17-22(37-16-14-34-19-30(37)40)8-13-27(26)35(2)32(33)41/h8-13,17,21,23,28,31,34,38H,6-7,14-16,18-20H2,1-5H3/t21-,23-,28+,31-,33+/m0/s1. The van der Waals surface area contributed by atoms with Crippen LogP contribution in [0.3, 0.4) is 0 Å². The third-order valence-corrected chi connectivity index (χ3v) is 15.0. The molecule has 3 fully saturated rings. The Balaban J connectivity index is 1.44. The van der Waals surface area contributed by atoms with Crippen molar-refractivity contribution in [2.45, 2.75) is 62.6 Å². The highest BCUT2D eigenvalue weighted by Crippen LogP contribution is 2.60. The molecule has 236 valence electrons. The van der Waals surface area contributed by atoms with E-state index >= 15 is 0 Å². The van der Waals surface area contributed by atoms with Crippen molar-refractivity contribution in [1.29, 1.82) is 0 Å². The van der Waals surface area contributed by atoms with Gasteiger partial charge in [0.15, 0.2) is 5.60 Å². The van der Waals surface area contributed by atoms with E-state index in [0.29, 0.717) is 19.6 Å². The molecule has 44 heavy (non-hydrogen) atoms. The van der Waals surface area contributed by atoms with Gasteiger partial charge < -0.3 is 34.6 Å². The summed E-state index contributed by atoms with van der Waals surface area (Å²) >= 11 is 0. The molecular weight excluding hydrogens is 576 g/mol. The lowest BCUT2D eigenvalue weighted by Crippen LogP contribution is -2.52. The number of carbonyl (C=O) groups is 3. The first kappa shape index (κ1) is 30.8. The summed E-state index contributed by atoms with van der Waals surface area (Å²) in [7, 11) is 1.02. The van der Waals surface area contributed by atoms with Crippen molar-refractivity contribution < 1.29 is 29.0 Å². The lowest BCUT2D eigenvalue weighted by molar-refractivity contribution is -0.149. The van der Waals surface area contributed by atoms with E-state index in [1.165, 1.54) is 5.19 Å². The quantitative estimate of drug-likeness (QED) is 0.457. The molecule has 0 aliphatic carbocycles. The van der Waals surface area contributed by atoms with Gasteiger partial charge >= 0.3 is 0 Å². The van der Waals surface area contributed by atoms with Crippen LogP contribution < -0.4 is 25.0 Å². The fraction of sp³-hybridized carbons (Fsp3) is 0.545. The Morgan fingerprint density at radius 2 is 1.91 bits per heavy atom. The van der Waals surface area contributed by atoms with Crippen molar-refractivity contribution >= 4 is 42.4 Å². The van der Waals surface area contributed by atoms with Crippen LogP contribution in [0, 0.1) is 5.92 Å². The van der Waals surface area contributed by atoms with E-state index in [4.69, 9.17) is 9.47 Å². The molecule has 0 saturated carbocycles. The predicted molar refractivity (Wildman–Crippen MR) is 171 cm³/mol. The summed E-state index contributed by atoms with van der Waals surface area (Å²) in [6.07, 6.45) is 1.28. The molecule has 0 unspecified atom stereocenters. The average molecular weight is 621 g/mol. The topological polar surface area (TPSA) is 112 Å². The van der Waals surface area contributed by atoms with Gasteiger partial charge in [-0.25, -0.2) is 0 Å². The molecule has 11 heteroatoms. The number of nitrogens with one attached hydrogen (secondary N) is 1. The van der Waals surface area contributed by atoms with E-state index in [9.17, 15) is 19.5 Å². The second kappa shape index (κ2) is 11.6. The summed E-state index contributed by atoms with van der Waals surface area (Å²) in [5.41, 5.74) is 0.908. The van der Waals surface area contributed by atoms with Crippen LogP contribution in [0.4, 0.5) is 11.4 Å². The second-order valence-electron chi connectivity index (χ2n) is 13.2. The third-order valence-electron chi connectivity index (χ3n) is 10.6. The highest BCUT2D eigenvalue weighted by atomic mass is 28.3. The van der Waals surface area contributed by atoms with Gasteiger partial charge in [0.05, 0.1) is 52.6 Å². The number of likely N-dealkylation sites (tertiary alicyclic amines) is 1. The smallest absolute Gasteiger partial charge is 0.264 e. The summed E-state index contributed by atoms with van der Waals surface area (Å²) < 4.78 is 12.5. The zero-order chi connectivity index (χ0) is 31.4. The van der Waals surface area contributed by atoms with Crippen LogP contribution in [-0.4, -0.2) is 94.9 Å². The van der Waals surface area contributed by atoms with Crippen molar-refractivity contribution in [2.75, 3.05) is 56.7 Å². The first-order valence-corrected chi connectivity index (χ1v) is 18.8. The van der Waals surface area contributed by atoms with Gasteiger partial charge in [0.25, 0.3) is 5.91 Å². The average Bonchev–Trinajstić information content (AvgIpc) is 3.68. The minimum Gasteiger partial charge on any atom is -0.497 e. The number of hydrogen-bond acceptors (Lipinski definition) is 7. The first-order valence-electron chi connectivity index (χ1n) is 15.7. The number of nitrogens with zero attached hydrogens (tertiary/aromatic N) is 3. The zero-order valence-electron chi connectivity index (χ0n) is 26.3. The molecule has 2 aromatic carbocycles. The van der Waals surface area contributed by atoms with E-state index in [2.05, 4.69) is 37.5 Å². The number of likely N-dealkylation sites (N-methyl/N-ethyl adjacent to an activating group) is 1. The Kier molecular flexibility index (Phi) is 8.10. The Morgan fingerprint density at radius 3 is 2.59 bits per heavy atom. The molecule has 4 heterocycles. The molecule has 0 radical (unpaired) electrons. The van der Waals surface area contributed by atoms with E-state index in [0.717, 1.165) is 35.5 Å². The molecule has 4 aliphatic rings. The molecule has 1 spiro atoms. The molecule has 6 rings (SSSR count). The maximum atomic E-state index is 14.4. The van der Waals surface area contributed by atoms with Gasteiger partial charge in [0, 0.05) is 43.9 Å². The fourth-order valence-corrected chi connectivity index (χ4v) is 12.3. The highest BCUT2D eigenvalue weighted by molar-refractivity contribution is 6.91. The normalized spacial score (nSPS) is 28.7. The van der Waals surface area contributed by atoms with Crippen molar-refractivity contribution in [3.63, 3.8) is 0 Å². The summed E-state index contributed by atoms with van der Waals surface area (Å²) in [4.78, 5) is 46.3. The Labute approximate surface area is 260 Å². The van der Waals surface area contributed by atoms with Crippen molar-refractivity contribution in [1.82, 2.24) is 10.2 Å². The molecular formula is C33H44N4O6Si. The number of carbonyl (C=O) groups excluding carboxylic acids is 3. The molecule has 0 bridgehead atoms. The van der Waals surface area contributed by atoms with Gasteiger partial charge in [0.1, 0.15) is 5.75 Å². The van der Waals surface area contributed by atoms with E-state index in [1.807, 2.05) is 30.3 Å². The second-order valence-corrected chi connectivity index (χ2v) is 17.9. The number of aliphatic hydroxyl groups excluding tert-OH is 1. The number of hydrogen-bond donors (Lipinski definition) is 2. The summed E-state index contributed by atoms with van der Waals surface area (Å²) in [6, 6.07) is 13.7. The number of piperazine rings is 1. The SMILES string of the molecule is COc1ccc([Si](C)(C)[C@@H]2[C@@H](CC(=O)N3CCC[C@H]3CO)O[C@]3(C(=O)N(C)c4ccc(N5CCNCC5=O)cc43)[C@H]2C)cc1. The van der Waals surface area contributed by atoms with Crippen LogP contribution >= 0.6 is 0 Å². The zero-order valence-corrected chi connectivity index (χ0v) is 27.3. The van der Waals surface area contributed by atoms with Crippen molar-refractivity contribution in [2.24, 2.45) is 5.92 Å². The van der Waals surface area contributed by atoms with Crippen LogP contribution in [0.15, 0.2) is 42.5 Å². The van der Waals surface area contributed by atoms with Crippen LogP contribution in [0.2, 0.25) is 18.6 Å². The highest BCUT2D eigenvalue weighted by Gasteiger charge is 2.66. The van der Waals surface area contributed by atoms with Crippen LogP contribution in [0.1, 0.15) is 31.7 Å². The number of ether oxygens (including phenoxy) is 2. The van der Waals surface area contributed by atoms with Crippen molar-refractivity contribution in [3.05, 3.63) is 48.0 Å². The summed E-state index contributed by atoms with van der Waals surface area (Å²) in [6.45, 7) is 8.76. The van der Waals surface area contributed by atoms with Gasteiger partial charge in [-0.15, -0.1) is 0 Å². The molecule has 2 N–H and O–H groups in total. The number of fused-ring (bicyclic) bond motifs is 2. The Morgan fingerprint density at radius 1 is 1.16 bits per heavy atom. The maximum Gasteiger partial charge on any atom is 0.264 e. The number of benzene rings is 2. The maximum absolute atomic E-state index is 14.4. The Hall–Kier alpha value is -3.25. The first-order chi connectivity index (χ1) is 21.0. The van der Waals surface area contributed by atoms with Crippen LogP contribution in [0.25, 0.3) is 0 Å². The lowest BCUT2D eigenvalue weighted by atomic mass is 9.82. The minimum absolute atomic E-state index is 0.0123. The lowest BCUT2D eigenvalue weighted by Gasteiger charge is -2.37. The van der Waals surface area contributed by atoms with E-state index in [1.54, 1.807) is 28.9 Å². The number of aliphatic hydroxyl groups is 1. The molecule has 3 amide bonds. The molecule has 10 nitrogen and oxygen atoms in total. The number of amides is 3. The van der Waals surface area contributed by atoms with Gasteiger partial charge in [-0.05, 0) is 48.7 Å². The van der Waals surface area contributed by atoms with Crippen molar-refractivity contribution in [3.8, 4) is 5.75 Å². The number of anilines is 2. The minimum atomic E-state index is -2.41. The van der Waals surface area contributed by atoms with Crippen LogP contribution in [0.5, 0.6) is 5.75 Å². The molecule has 2 aromatic rings. The van der Waals surface area contributed by atoms with Gasteiger partial charge in [-0.3, -0.25) is 14.4 Å².